The van der Waals surface area contributed by atoms with Crippen molar-refractivity contribution < 1.29 is 28.8 Å². The van der Waals surface area contributed by atoms with Crippen molar-refractivity contribution in [2.24, 2.45) is 29.6 Å². The SMILES string of the molecule is C#CCCCC[C@@H](C)CC(C)C(=O)N(C)[C@H](C(=O)N(C)[C@H](C(=O)N1CCC[C@H]1C(=O)N(C)[C@H](C(=O)N1CCC[C@H]1C(=O)CC)C(C)C)[C@@H](C)CC)C(C)C. The number of carbonyl (C=O) groups is 6. The first-order valence-corrected chi connectivity index (χ1v) is 20.7. The highest BCUT2D eigenvalue weighted by Crippen LogP contribution is 2.29. The summed E-state index contributed by atoms with van der Waals surface area (Å²) in [6.45, 7) is 18.3. The number of likely N-dealkylation sites (tertiary alicyclic amines) is 2. The van der Waals surface area contributed by atoms with Crippen molar-refractivity contribution in [2.75, 3.05) is 34.2 Å². The van der Waals surface area contributed by atoms with Crippen molar-refractivity contribution in [1.29, 1.82) is 0 Å². The molecule has 2 fully saturated rings. The molecule has 2 heterocycles. The summed E-state index contributed by atoms with van der Waals surface area (Å²) in [7, 11) is 4.96. The van der Waals surface area contributed by atoms with Gasteiger partial charge in [-0.3, -0.25) is 28.8 Å². The summed E-state index contributed by atoms with van der Waals surface area (Å²) in [5, 5.41) is 0. The highest BCUT2D eigenvalue weighted by atomic mass is 16.2. The summed E-state index contributed by atoms with van der Waals surface area (Å²) >= 11 is 0. The smallest absolute Gasteiger partial charge is 0.246 e. The predicted molar refractivity (Wildman–Crippen MR) is 214 cm³/mol. The molecule has 54 heavy (non-hydrogen) atoms. The van der Waals surface area contributed by atoms with Crippen LogP contribution in [0.4, 0.5) is 0 Å². The van der Waals surface area contributed by atoms with Crippen LogP contribution in [0.15, 0.2) is 0 Å². The molecule has 11 heteroatoms. The molecule has 11 nitrogen and oxygen atoms in total. The van der Waals surface area contributed by atoms with Crippen LogP contribution in [-0.4, -0.2) is 124 Å². The fraction of sp³-hybridized carbons (Fsp3) is 0.814. The first kappa shape index (κ1) is 46.7. The molecule has 0 bridgehead atoms. The van der Waals surface area contributed by atoms with E-state index in [2.05, 4.69) is 12.8 Å². The topological polar surface area (TPSA) is 119 Å². The lowest BCUT2D eigenvalue weighted by molar-refractivity contribution is -0.157. The molecule has 0 aromatic heterocycles. The Hall–Kier alpha value is -3.42. The quantitative estimate of drug-likeness (QED) is 0.117. The molecule has 2 rings (SSSR count). The van der Waals surface area contributed by atoms with Crippen LogP contribution >= 0.6 is 0 Å². The highest BCUT2D eigenvalue weighted by molar-refractivity contribution is 5.97. The fourth-order valence-electron chi connectivity index (χ4n) is 8.78. The lowest BCUT2D eigenvalue weighted by Gasteiger charge is -2.41. The lowest BCUT2D eigenvalue weighted by Crippen LogP contribution is -2.61. The van der Waals surface area contributed by atoms with Crippen LogP contribution in [0.25, 0.3) is 0 Å². The van der Waals surface area contributed by atoms with Gasteiger partial charge in [0.1, 0.15) is 24.2 Å². The summed E-state index contributed by atoms with van der Waals surface area (Å²) in [6, 6.07) is -3.65. The van der Waals surface area contributed by atoms with Crippen molar-refractivity contribution in [2.45, 2.75) is 163 Å². The van der Waals surface area contributed by atoms with Gasteiger partial charge in [0, 0.05) is 53.0 Å². The second-order valence-electron chi connectivity index (χ2n) is 16.9. The Balaban J connectivity index is 2.31. The number of hydrogen-bond acceptors (Lipinski definition) is 6. The van der Waals surface area contributed by atoms with Crippen molar-refractivity contribution >= 4 is 35.3 Å². The van der Waals surface area contributed by atoms with Gasteiger partial charge in [0.2, 0.25) is 29.5 Å². The van der Waals surface area contributed by atoms with Gasteiger partial charge in [0.25, 0.3) is 0 Å². The molecule has 306 valence electrons. The number of terminal acetylenes is 1. The van der Waals surface area contributed by atoms with Gasteiger partial charge >= 0.3 is 0 Å². The number of rotatable bonds is 20. The largest absolute Gasteiger partial charge is 0.333 e. The number of amides is 5. The standard InChI is InChI=1S/C43H73N5O6/c1-14-17-18-19-22-30(8)27-32(10)39(50)44(11)36(28(4)5)41(52)46(13)38(31(9)15-2)43(54)48-26-21-24-34(48)40(51)45(12)37(29(6)7)42(53)47-25-20-23-33(47)35(49)16-3/h1,28-34,36-38H,15-27H2,2-13H3/t30-,31+,32?,33+,34+,36+,37+,38+/m1/s1. The average Bonchev–Trinajstić information content (AvgIpc) is 3.83. The van der Waals surface area contributed by atoms with Crippen LogP contribution in [0.3, 0.4) is 0 Å². The maximum Gasteiger partial charge on any atom is 0.246 e. The maximum absolute atomic E-state index is 14.6. The van der Waals surface area contributed by atoms with Crippen LogP contribution in [0.2, 0.25) is 0 Å². The molecule has 8 atom stereocenters. The van der Waals surface area contributed by atoms with E-state index in [0.29, 0.717) is 57.5 Å². The van der Waals surface area contributed by atoms with Crippen LogP contribution in [-0.2, 0) is 28.8 Å². The number of ketones is 1. The minimum Gasteiger partial charge on any atom is -0.333 e. The molecular weight excluding hydrogens is 683 g/mol. The zero-order chi connectivity index (χ0) is 41.0. The van der Waals surface area contributed by atoms with E-state index < -0.39 is 30.2 Å². The third kappa shape index (κ3) is 11.3. The number of unbranched alkanes of at least 4 members (excludes halogenated alkanes) is 2. The van der Waals surface area contributed by atoms with Gasteiger partial charge < -0.3 is 24.5 Å². The van der Waals surface area contributed by atoms with Gasteiger partial charge in [-0.2, -0.15) is 0 Å². The minimum absolute atomic E-state index is 0.0295. The lowest BCUT2D eigenvalue weighted by atomic mass is 9.90. The molecule has 1 unspecified atom stereocenters. The van der Waals surface area contributed by atoms with Crippen LogP contribution < -0.4 is 0 Å². The molecule has 5 amide bonds. The number of nitrogens with zero attached hydrogens (tertiary/aromatic N) is 5. The fourth-order valence-corrected chi connectivity index (χ4v) is 8.78. The zero-order valence-electron chi connectivity index (χ0n) is 35.7. The van der Waals surface area contributed by atoms with Crippen molar-refractivity contribution in [3.8, 4) is 12.3 Å². The molecule has 0 spiro atoms. The van der Waals surface area contributed by atoms with Gasteiger partial charge in [-0.15, -0.1) is 12.3 Å². The van der Waals surface area contributed by atoms with E-state index in [1.807, 2.05) is 48.5 Å². The molecule has 0 saturated carbocycles. The summed E-state index contributed by atoms with van der Waals surface area (Å²) in [5.74, 6) is 0.871. The molecule has 2 saturated heterocycles. The first-order valence-electron chi connectivity index (χ1n) is 20.7. The van der Waals surface area contributed by atoms with E-state index in [1.54, 1.807) is 42.8 Å². The minimum atomic E-state index is -0.848. The second kappa shape index (κ2) is 21.6. The number of carbonyl (C=O) groups excluding carboxylic acids is 6. The number of Topliss-reactive ketones (excluding diaryl/α,β-unsaturated/α-hetero) is 1. The van der Waals surface area contributed by atoms with Gasteiger partial charge in [-0.05, 0) is 62.2 Å². The average molecular weight is 756 g/mol. The predicted octanol–water partition coefficient (Wildman–Crippen LogP) is 5.64. The second-order valence-corrected chi connectivity index (χ2v) is 16.9. The molecular formula is C43H73N5O6. The summed E-state index contributed by atoms with van der Waals surface area (Å²) in [5.41, 5.74) is 0. The van der Waals surface area contributed by atoms with Crippen LogP contribution in [0.5, 0.6) is 0 Å². The molecule has 0 N–H and O–H groups in total. The molecule has 0 aliphatic carbocycles. The van der Waals surface area contributed by atoms with E-state index in [0.717, 1.165) is 32.1 Å². The van der Waals surface area contributed by atoms with Crippen LogP contribution in [0, 0.1) is 41.9 Å². The third-order valence-electron chi connectivity index (χ3n) is 12.0. The summed E-state index contributed by atoms with van der Waals surface area (Å²) in [6.07, 6.45) is 13.2. The Labute approximate surface area is 327 Å². The molecule has 0 radical (unpaired) electrons. The Morgan fingerprint density at radius 2 is 1.22 bits per heavy atom. The van der Waals surface area contributed by atoms with E-state index in [-0.39, 0.29) is 59.0 Å². The van der Waals surface area contributed by atoms with Crippen molar-refractivity contribution in [3.63, 3.8) is 0 Å². The van der Waals surface area contributed by atoms with Crippen molar-refractivity contribution in [3.05, 3.63) is 0 Å². The van der Waals surface area contributed by atoms with Gasteiger partial charge in [0.05, 0.1) is 6.04 Å². The molecule has 0 aromatic carbocycles. The Bertz CT molecular complexity index is 1340. The highest BCUT2D eigenvalue weighted by Gasteiger charge is 2.47. The third-order valence-corrected chi connectivity index (χ3v) is 12.0. The van der Waals surface area contributed by atoms with E-state index in [4.69, 9.17) is 6.42 Å². The van der Waals surface area contributed by atoms with Gasteiger partial charge in [0.15, 0.2) is 5.78 Å². The van der Waals surface area contributed by atoms with Crippen LogP contribution in [0.1, 0.15) is 133 Å². The normalized spacial score (nSPS) is 20.5. The summed E-state index contributed by atoms with van der Waals surface area (Å²) < 4.78 is 0. The van der Waals surface area contributed by atoms with Gasteiger partial charge in [-0.1, -0.05) is 81.6 Å². The monoisotopic (exact) mass is 756 g/mol. The molecule has 2 aliphatic heterocycles. The number of hydrogen-bond donors (Lipinski definition) is 0. The Morgan fingerprint density at radius 1 is 0.704 bits per heavy atom. The zero-order valence-corrected chi connectivity index (χ0v) is 35.7. The maximum atomic E-state index is 14.6. The van der Waals surface area contributed by atoms with Gasteiger partial charge in [-0.25, -0.2) is 0 Å². The molecule has 2 aliphatic rings. The van der Waals surface area contributed by atoms with E-state index in [1.165, 1.54) is 9.80 Å². The Morgan fingerprint density at radius 3 is 1.74 bits per heavy atom. The van der Waals surface area contributed by atoms with E-state index in [9.17, 15) is 28.8 Å². The molecule has 0 aromatic rings. The summed E-state index contributed by atoms with van der Waals surface area (Å²) in [4.78, 5) is 91.7. The van der Waals surface area contributed by atoms with Crippen molar-refractivity contribution in [1.82, 2.24) is 24.5 Å². The first-order chi connectivity index (χ1) is 25.4. The van der Waals surface area contributed by atoms with E-state index >= 15 is 0 Å². The number of likely N-dealkylation sites (N-methyl/N-ethyl adjacent to an activating group) is 3. The Kier molecular flexibility index (Phi) is 18.7.